The lowest BCUT2D eigenvalue weighted by atomic mass is 9.80. The molecule has 0 spiro atoms. The van der Waals surface area contributed by atoms with E-state index in [4.69, 9.17) is 4.84 Å². The van der Waals surface area contributed by atoms with Crippen molar-refractivity contribution in [2.75, 3.05) is 26.2 Å². The lowest BCUT2D eigenvalue weighted by Crippen LogP contribution is -2.41. The summed E-state index contributed by atoms with van der Waals surface area (Å²) in [6.45, 7) is 3.79. The largest absolute Gasteiger partial charge is 0.481 e. The number of benzene rings is 1. The highest BCUT2D eigenvalue weighted by molar-refractivity contribution is 5.76. The number of likely N-dealkylation sites (tertiary alicyclic amines) is 1. The maximum Gasteiger partial charge on any atom is 0.311 e. The summed E-state index contributed by atoms with van der Waals surface area (Å²) in [6, 6.07) is 9.64. The molecule has 0 aromatic heterocycles. The van der Waals surface area contributed by atoms with Gasteiger partial charge in [-0.15, -0.1) is 0 Å². The van der Waals surface area contributed by atoms with Gasteiger partial charge in [-0.3, -0.25) is 9.63 Å². The van der Waals surface area contributed by atoms with Crippen molar-refractivity contribution in [1.82, 2.24) is 10.4 Å². The van der Waals surface area contributed by atoms with Crippen molar-refractivity contribution in [2.24, 2.45) is 5.92 Å². The lowest BCUT2D eigenvalue weighted by Gasteiger charge is -2.35. The van der Waals surface area contributed by atoms with Crippen LogP contribution in [0.4, 0.5) is 0 Å². The van der Waals surface area contributed by atoms with E-state index in [9.17, 15) is 9.90 Å². The van der Waals surface area contributed by atoms with Gasteiger partial charge >= 0.3 is 5.97 Å². The highest BCUT2D eigenvalue weighted by Gasteiger charge is 2.33. The van der Waals surface area contributed by atoms with E-state index in [0.29, 0.717) is 0 Å². The second-order valence-corrected chi connectivity index (χ2v) is 6.29. The average molecular weight is 304 g/mol. The van der Waals surface area contributed by atoms with Crippen LogP contribution in [0.15, 0.2) is 30.3 Å². The van der Waals surface area contributed by atoms with E-state index in [-0.39, 0.29) is 17.9 Å². The normalized spacial score (nSPS) is 25.2. The zero-order chi connectivity index (χ0) is 15.4. The van der Waals surface area contributed by atoms with Crippen molar-refractivity contribution >= 4 is 5.97 Å². The average Bonchev–Trinajstić information content (AvgIpc) is 3.03. The predicted octanol–water partition coefficient (Wildman–Crippen LogP) is 1.86. The van der Waals surface area contributed by atoms with Crippen molar-refractivity contribution in [2.45, 2.75) is 31.3 Å². The summed E-state index contributed by atoms with van der Waals surface area (Å²) in [7, 11) is 0. The Morgan fingerprint density at radius 2 is 2.00 bits per heavy atom. The van der Waals surface area contributed by atoms with Crippen LogP contribution in [0.3, 0.4) is 0 Å². The van der Waals surface area contributed by atoms with E-state index in [0.717, 1.165) is 51.0 Å². The van der Waals surface area contributed by atoms with Gasteiger partial charge in [-0.2, -0.15) is 0 Å². The van der Waals surface area contributed by atoms with Crippen molar-refractivity contribution in [3.63, 3.8) is 0 Å². The standard InChI is InChI=1S/C17H24N2O3/c20-17(21)16(13-4-2-1-3-5-13)14-7-10-19(11-8-14)12-15-6-9-18-22-15/h1-5,14-16,18H,6-12H2,(H,20,21). The fourth-order valence-electron chi connectivity index (χ4n) is 3.62. The molecular formula is C17H24N2O3. The highest BCUT2D eigenvalue weighted by atomic mass is 16.7. The maximum atomic E-state index is 11.7. The molecule has 5 heteroatoms. The number of piperidine rings is 1. The SMILES string of the molecule is O=C(O)C(c1ccccc1)C1CCN(CC2CCNO2)CC1. The first-order valence-electron chi connectivity index (χ1n) is 8.12. The van der Waals surface area contributed by atoms with Gasteiger partial charge in [0.25, 0.3) is 0 Å². The third-order valence-corrected chi connectivity index (χ3v) is 4.81. The Balaban J connectivity index is 1.57. The van der Waals surface area contributed by atoms with Crippen molar-refractivity contribution in [3.8, 4) is 0 Å². The molecule has 2 atom stereocenters. The molecule has 2 saturated heterocycles. The minimum Gasteiger partial charge on any atom is -0.481 e. The van der Waals surface area contributed by atoms with Crippen molar-refractivity contribution in [3.05, 3.63) is 35.9 Å². The molecule has 120 valence electrons. The second-order valence-electron chi connectivity index (χ2n) is 6.29. The molecule has 2 unspecified atom stereocenters. The van der Waals surface area contributed by atoms with E-state index in [2.05, 4.69) is 10.4 Å². The molecule has 5 nitrogen and oxygen atoms in total. The summed E-state index contributed by atoms with van der Waals surface area (Å²) in [5.41, 5.74) is 3.85. The first-order chi connectivity index (χ1) is 10.7. The van der Waals surface area contributed by atoms with Crippen LogP contribution in [0.25, 0.3) is 0 Å². The third-order valence-electron chi connectivity index (χ3n) is 4.81. The molecule has 0 amide bonds. The Kier molecular flexibility index (Phi) is 5.08. The molecule has 1 aromatic carbocycles. The maximum absolute atomic E-state index is 11.7. The number of carboxylic acids is 1. The van der Waals surface area contributed by atoms with Gasteiger partial charge in [0.15, 0.2) is 0 Å². The van der Waals surface area contributed by atoms with Crippen LogP contribution in [0, 0.1) is 5.92 Å². The Hall–Kier alpha value is -1.43. The minimum atomic E-state index is -0.701. The van der Waals surface area contributed by atoms with Crippen LogP contribution >= 0.6 is 0 Å². The van der Waals surface area contributed by atoms with Crippen LogP contribution in [-0.4, -0.2) is 48.3 Å². The van der Waals surface area contributed by atoms with E-state index in [1.54, 1.807) is 0 Å². The van der Waals surface area contributed by atoms with Gasteiger partial charge in [0.1, 0.15) is 0 Å². The molecule has 0 radical (unpaired) electrons. The molecule has 0 saturated carbocycles. The van der Waals surface area contributed by atoms with Crippen LogP contribution in [0.2, 0.25) is 0 Å². The molecule has 0 aliphatic carbocycles. The smallest absolute Gasteiger partial charge is 0.311 e. The second kappa shape index (κ2) is 7.22. The first kappa shape index (κ1) is 15.5. The van der Waals surface area contributed by atoms with Crippen LogP contribution < -0.4 is 5.48 Å². The Morgan fingerprint density at radius 3 is 2.59 bits per heavy atom. The molecular weight excluding hydrogens is 280 g/mol. The van der Waals surface area contributed by atoms with Crippen LogP contribution in [0.5, 0.6) is 0 Å². The monoisotopic (exact) mass is 304 g/mol. The van der Waals surface area contributed by atoms with Gasteiger partial charge in [0.05, 0.1) is 12.0 Å². The number of nitrogens with zero attached hydrogens (tertiary/aromatic N) is 1. The lowest BCUT2D eigenvalue weighted by molar-refractivity contribution is -0.140. The molecule has 0 bridgehead atoms. The molecule has 2 aliphatic heterocycles. The number of hydrogen-bond donors (Lipinski definition) is 2. The van der Waals surface area contributed by atoms with E-state index in [1.165, 1.54) is 0 Å². The predicted molar refractivity (Wildman–Crippen MR) is 83.5 cm³/mol. The number of aliphatic carboxylic acids is 1. The zero-order valence-electron chi connectivity index (χ0n) is 12.8. The number of nitrogens with one attached hydrogen (secondary N) is 1. The summed E-state index contributed by atoms with van der Waals surface area (Å²) in [4.78, 5) is 19.6. The minimum absolute atomic E-state index is 0.221. The molecule has 2 fully saturated rings. The van der Waals surface area contributed by atoms with E-state index < -0.39 is 5.97 Å². The Labute approximate surface area is 131 Å². The Bertz CT molecular complexity index is 480. The topological polar surface area (TPSA) is 61.8 Å². The number of rotatable bonds is 5. The number of hydrogen-bond acceptors (Lipinski definition) is 4. The first-order valence-corrected chi connectivity index (χ1v) is 8.12. The van der Waals surface area contributed by atoms with Gasteiger partial charge in [0, 0.05) is 13.1 Å². The quantitative estimate of drug-likeness (QED) is 0.869. The molecule has 2 heterocycles. The summed E-state index contributed by atoms with van der Waals surface area (Å²) in [5, 5.41) is 9.63. The third kappa shape index (κ3) is 3.66. The highest BCUT2D eigenvalue weighted by Crippen LogP contribution is 2.33. The summed E-state index contributed by atoms with van der Waals surface area (Å²) in [5.74, 6) is -0.862. The number of carbonyl (C=O) groups is 1. The summed E-state index contributed by atoms with van der Waals surface area (Å²) >= 11 is 0. The fourth-order valence-corrected chi connectivity index (χ4v) is 3.62. The molecule has 2 aliphatic rings. The van der Waals surface area contributed by atoms with Crippen molar-refractivity contribution in [1.29, 1.82) is 0 Å². The van der Waals surface area contributed by atoms with E-state index >= 15 is 0 Å². The van der Waals surface area contributed by atoms with Crippen LogP contribution in [0.1, 0.15) is 30.7 Å². The number of carboxylic acid groups (broad SMARTS) is 1. The van der Waals surface area contributed by atoms with Gasteiger partial charge in [-0.25, -0.2) is 5.48 Å². The number of hydroxylamine groups is 1. The Morgan fingerprint density at radius 1 is 1.27 bits per heavy atom. The van der Waals surface area contributed by atoms with Gasteiger partial charge in [0.2, 0.25) is 0 Å². The van der Waals surface area contributed by atoms with Crippen LogP contribution in [-0.2, 0) is 9.63 Å². The summed E-state index contributed by atoms with van der Waals surface area (Å²) in [6.07, 6.45) is 3.21. The van der Waals surface area contributed by atoms with Crippen molar-refractivity contribution < 1.29 is 14.7 Å². The van der Waals surface area contributed by atoms with Gasteiger partial charge in [-0.05, 0) is 43.8 Å². The molecule has 2 N–H and O–H groups in total. The summed E-state index contributed by atoms with van der Waals surface area (Å²) < 4.78 is 0. The van der Waals surface area contributed by atoms with Gasteiger partial charge < -0.3 is 10.0 Å². The zero-order valence-corrected chi connectivity index (χ0v) is 12.8. The molecule has 1 aromatic rings. The molecule has 3 rings (SSSR count). The fraction of sp³-hybridized carbons (Fsp3) is 0.588. The molecule has 22 heavy (non-hydrogen) atoms. The van der Waals surface area contributed by atoms with Gasteiger partial charge in [-0.1, -0.05) is 30.3 Å². The van der Waals surface area contributed by atoms with E-state index in [1.807, 2.05) is 30.3 Å².